The Balaban J connectivity index is 1.61. The standard InChI is InChI=1S/C20H18N2O4S/c1-26-16-8-4-13(5-9-16)10-18-22-17(12-27-18)20(25)21-15-6-2-14(3-7-15)11-19(23)24/h2-9,12H,10-11H2,1H3,(H,21,25)(H,23,24). The van der Waals surface area contributed by atoms with E-state index in [1.165, 1.54) is 11.3 Å². The molecule has 3 aromatic rings. The molecule has 138 valence electrons. The van der Waals surface area contributed by atoms with Crippen molar-refractivity contribution in [3.05, 3.63) is 75.7 Å². The fraction of sp³-hybridized carbons (Fsp3) is 0.150. The quantitative estimate of drug-likeness (QED) is 0.651. The second-order valence-electron chi connectivity index (χ2n) is 5.87. The van der Waals surface area contributed by atoms with Gasteiger partial charge in [-0.3, -0.25) is 9.59 Å². The number of anilines is 1. The number of rotatable bonds is 7. The van der Waals surface area contributed by atoms with Crippen LogP contribution in [0.3, 0.4) is 0 Å². The number of nitrogens with zero attached hydrogens (tertiary/aromatic N) is 1. The fourth-order valence-electron chi connectivity index (χ4n) is 2.49. The summed E-state index contributed by atoms with van der Waals surface area (Å²) >= 11 is 1.43. The maximum atomic E-state index is 12.3. The van der Waals surface area contributed by atoms with Crippen LogP contribution in [0.15, 0.2) is 53.9 Å². The summed E-state index contributed by atoms with van der Waals surface area (Å²) in [7, 11) is 1.63. The minimum absolute atomic E-state index is 0.0466. The molecule has 3 rings (SSSR count). The highest BCUT2D eigenvalue weighted by Gasteiger charge is 2.12. The van der Waals surface area contributed by atoms with Crippen molar-refractivity contribution in [2.75, 3.05) is 12.4 Å². The van der Waals surface area contributed by atoms with Crippen LogP contribution in [-0.4, -0.2) is 29.1 Å². The third-order valence-corrected chi connectivity index (χ3v) is 4.71. The van der Waals surface area contributed by atoms with E-state index in [2.05, 4.69) is 10.3 Å². The van der Waals surface area contributed by atoms with Crippen LogP contribution in [0.2, 0.25) is 0 Å². The fourth-order valence-corrected chi connectivity index (χ4v) is 3.30. The van der Waals surface area contributed by atoms with Crippen molar-refractivity contribution in [1.82, 2.24) is 4.98 Å². The van der Waals surface area contributed by atoms with E-state index in [1.807, 2.05) is 24.3 Å². The van der Waals surface area contributed by atoms with Crippen LogP contribution < -0.4 is 10.1 Å². The number of nitrogens with one attached hydrogen (secondary N) is 1. The summed E-state index contributed by atoms with van der Waals surface area (Å²) < 4.78 is 5.14. The molecule has 7 heteroatoms. The number of carbonyl (C=O) groups is 2. The highest BCUT2D eigenvalue weighted by molar-refractivity contribution is 7.09. The number of aliphatic carboxylic acids is 1. The molecular formula is C20H18N2O4S. The first kappa shape index (κ1) is 18.6. The molecule has 0 unspecified atom stereocenters. The van der Waals surface area contributed by atoms with Gasteiger partial charge in [-0.15, -0.1) is 11.3 Å². The molecule has 0 saturated carbocycles. The SMILES string of the molecule is COc1ccc(Cc2nc(C(=O)Nc3ccc(CC(=O)O)cc3)cs2)cc1. The maximum absolute atomic E-state index is 12.3. The Kier molecular flexibility index (Phi) is 5.83. The Morgan fingerprint density at radius 2 is 1.74 bits per heavy atom. The van der Waals surface area contributed by atoms with Crippen molar-refractivity contribution in [2.45, 2.75) is 12.8 Å². The van der Waals surface area contributed by atoms with Crippen LogP contribution in [0.25, 0.3) is 0 Å². The van der Waals surface area contributed by atoms with Crippen LogP contribution in [0.1, 0.15) is 26.6 Å². The lowest BCUT2D eigenvalue weighted by molar-refractivity contribution is -0.136. The molecule has 0 bridgehead atoms. The van der Waals surface area contributed by atoms with Gasteiger partial charge in [-0.25, -0.2) is 4.98 Å². The zero-order valence-corrected chi connectivity index (χ0v) is 15.5. The molecule has 2 aromatic carbocycles. The summed E-state index contributed by atoms with van der Waals surface area (Å²) in [5, 5.41) is 14.1. The number of hydrogen-bond donors (Lipinski definition) is 2. The molecule has 2 N–H and O–H groups in total. The molecular weight excluding hydrogens is 364 g/mol. The predicted molar refractivity (Wildman–Crippen MR) is 104 cm³/mol. The van der Waals surface area contributed by atoms with Crippen molar-refractivity contribution in [3.8, 4) is 5.75 Å². The summed E-state index contributed by atoms with van der Waals surface area (Å²) in [4.78, 5) is 27.4. The lowest BCUT2D eigenvalue weighted by atomic mass is 10.1. The minimum atomic E-state index is -0.890. The van der Waals surface area contributed by atoms with Gasteiger partial charge in [-0.05, 0) is 35.4 Å². The number of hydrogen-bond acceptors (Lipinski definition) is 5. The van der Waals surface area contributed by atoms with E-state index in [1.54, 1.807) is 36.8 Å². The van der Waals surface area contributed by atoms with E-state index in [-0.39, 0.29) is 12.3 Å². The molecule has 1 aromatic heterocycles. The molecule has 0 radical (unpaired) electrons. The van der Waals surface area contributed by atoms with Crippen LogP contribution >= 0.6 is 11.3 Å². The molecule has 0 aliphatic heterocycles. The Morgan fingerprint density at radius 3 is 2.37 bits per heavy atom. The third kappa shape index (κ3) is 5.15. The molecule has 6 nitrogen and oxygen atoms in total. The van der Waals surface area contributed by atoms with Crippen molar-refractivity contribution in [2.24, 2.45) is 0 Å². The second-order valence-corrected chi connectivity index (χ2v) is 6.82. The minimum Gasteiger partial charge on any atom is -0.497 e. The summed E-state index contributed by atoms with van der Waals surface area (Å²) in [5.41, 5.74) is 2.72. The predicted octanol–water partition coefficient (Wildman–Crippen LogP) is 3.62. The van der Waals surface area contributed by atoms with Gasteiger partial charge in [0, 0.05) is 17.5 Å². The average Bonchev–Trinajstić information content (AvgIpc) is 3.12. The highest BCUT2D eigenvalue weighted by atomic mass is 32.1. The van der Waals surface area contributed by atoms with E-state index in [0.29, 0.717) is 23.4 Å². The van der Waals surface area contributed by atoms with Gasteiger partial charge < -0.3 is 15.2 Å². The van der Waals surface area contributed by atoms with E-state index >= 15 is 0 Å². The second kappa shape index (κ2) is 8.46. The lowest BCUT2D eigenvalue weighted by Crippen LogP contribution is -2.12. The third-order valence-electron chi connectivity index (χ3n) is 3.87. The smallest absolute Gasteiger partial charge is 0.307 e. The summed E-state index contributed by atoms with van der Waals surface area (Å²) in [6.07, 6.45) is 0.598. The molecule has 0 atom stereocenters. The van der Waals surface area contributed by atoms with E-state index in [9.17, 15) is 9.59 Å². The highest BCUT2D eigenvalue weighted by Crippen LogP contribution is 2.19. The van der Waals surface area contributed by atoms with Gasteiger partial charge >= 0.3 is 5.97 Å². The number of carboxylic acid groups (broad SMARTS) is 1. The zero-order chi connectivity index (χ0) is 19.2. The largest absolute Gasteiger partial charge is 0.497 e. The summed E-state index contributed by atoms with van der Waals surface area (Å²) in [6.45, 7) is 0. The zero-order valence-electron chi connectivity index (χ0n) is 14.6. The number of thiazole rings is 1. The number of ether oxygens (including phenoxy) is 1. The number of aromatic nitrogens is 1. The molecule has 0 aliphatic carbocycles. The van der Waals surface area contributed by atoms with Gasteiger partial charge in [0.05, 0.1) is 18.5 Å². The van der Waals surface area contributed by atoms with E-state index < -0.39 is 5.97 Å². The van der Waals surface area contributed by atoms with Crippen molar-refractivity contribution >= 4 is 28.9 Å². The number of amides is 1. The molecule has 0 spiro atoms. The van der Waals surface area contributed by atoms with Crippen molar-refractivity contribution < 1.29 is 19.4 Å². The van der Waals surface area contributed by atoms with Gasteiger partial charge in [-0.1, -0.05) is 24.3 Å². The van der Waals surface area contributed by atoms with Crippen molar-refractivity contribution in [3.63, 3.8) is 0 Å². The van der Waals surface area contributed by atoms with Crippen LogP contribution in [-0.2, 0) is 17.6 Å². The first-order valence-corrected chi connectivity index (χ1v) is 9.11. The van der Waals surface area contributed by atoms with Gasteiger partial charge in [0.1, 0.15) is 11.4 Å². The van der Waals surface area contributed by atoms with Crippen LogP contribution in [0.5, 0.6) is 5.75 Å². The monoisotopic (exact) mass is 382 g/mol. The molecule has 1 heterocycles. The van der Waals surface area contributed by atoms with Crippen LogP contribution in [0.4, 0.5) is 5.69 Å². The Labute approximate surface area is 160 Å². The normalized spacial score (nSPS) is 10.4. The molecule has 0 saturated heterocycles. The number of benzene rings is 2. The molecule has 0 fully saturated rings. The Hall–Kier alpha value is -3.19. The summed E-state index contributed by atoms with van der Waals surface area (Å²) in [6, 6.07) is 14.5. The number of carboxylic acids is 1. The number of carbonyl (C=O) groups excluding carboxylic acids is 1. The molecule has 1 amide bonds. The van der Waals surface area contributed by atoms with Gasteiger partial charge in [0.2, 0.25) is 0 Å². The van der Waals surface area contributed by atoms with E-state index in [4.69, 9.17) is 9.84 Å². The van der Waals surface area contributed by atoms with E-state index in [0.717, 1.165) is 16.3 Å². The Morgan fingerprint density at radius 1 is 1.07 bits per heavy atom. The van der Waals surface area contributed by atoms with Gasteiger partial charge in [0.15, 0.2) is 0 Å². The van der Waals surface area contributed by atoms with Crippen molar-refractivity contribution in [1.29, 1.82) is 0 Å². The van der Waals surface area contributed by atoms with Gasteiger partial charge in [-0.2, -0.15) is 0 Å². The first-order valence-electron chi connectivity index (χ1n) is 8.23. The lowest BCUT2D eigenvalue weighted by Gasteiger charge is -2.04. The average molecular weight is 382 g/mol. The molecule has 0 aliphatic rings. The maximum Gasteiger partial charge on any atom is 0.307 e. The topological polar surface area (TPSA) is 88.5 Å². The Bertz CT molecular complexity index is 933. The molecule has 27 heavy (non-hydrogen) atoms. The first-order chi connectivity index (χ1) is 13.0. The van der Waals surface area contributed by atoms with Gasteiger partial charge in [0.25, 0.3) is 5.91 Å². The number of methoxy groups -OCH3 is 1. The summed E-state index contributed by atoms with van der Waals surface area (Å²) in [5.74, 6) is -0.385. The van der Waals surface area contributed by atoms with Crippen LogP contribution in [0, 0.1) is 0 Å².